The highest BCUT2D eigenvalue weighted by Gasteiger charge is 2.32. The fraction of sp³-hybridized carbons (Fsp3) is 0.933. The van der Waals surface area contributed by atoms with Crippen molar-refractivity contribution < 1.29 is 23.9 Å². The molecule has 5 nitrogen and oxygen atoms in total. The van der Waals surface area contributed by atoms with Crippen LogP contribution < -0.4 is 0 Å². The van der Waals surface area contributed by atoms with Gasteiger partial charge in [0.2, 0.25) is 0 Å². The van der Waals surface area contributed by atoms with Gasteiger partial charge in [0.15, 0.2) is 0 Å². The fourth-order valence-corrected chi connectivity index (χ4v) is 11.2. The number of rotatable bonds is 22. The van der Waals surface area contributed by atoms with Gasteiger partial charge in [-0.25, -0.2) is 0 Å². The summed E-state index contributed by atoms with van der Waals surface area (Å²) in [5.41, 5.74) is 0. The van der Waals surface area contributed by atoms with Crippen LogP contribution in [-0.2, 0) is 23.9 Å². The van der Waals surface area contributed by atoms with Crippen LogP contribution in [0.5, 0.6) is 0 Å². The van der Waals surface area contributed by atoms with Gasteiger partial charge in [0.1, 0.15) is 18.0 Å². The second-order valence-electron chi connectivity index (χ2n) is 17.9. The highest BCUT2D eigenvalue weighted by molar-refractivity contribution is 6.21. The van der Waals surface area contributed by atoms with Crippen molar-refractivity contribution in [3.05, 3.63) is 0 Å². The number of carbonyl (C=O) groups is 3. The molecule has 7 heteroatoms. The number of unbranched alkanes of at least 4 members (excludes halogenated alkanes) is 2. The summed E-state index contributed by atoms with van der Waals surface area (Å²) >= 11 is 14.0. The first-order valence-corrected chi connectivity index (χ1v) is 23.3. The molecule has 300 valence electrons. The second-order valence-corrected chi connectivity index (χ2v) is 19.0. The molecular formula is C45H76Cl2O5. The predicted octanol–water partition coefficient (Wildman–Crippen LogP) is 13.1. The van der Waals surface area contributed by atoms with Gasteiger partial charge in [-0.05, 0) is 151 Å². The maximum Gasteiger partial charge on any atom is 0.306 e. The van der Waals surface area contributed by atoms with Crippen LogP contribution in [0.2, 0.25) is 0 Å². The minimum atomic E-state index is -0.0307. The lowest BCUT2D eigenvalue weighted by Crippen LogP contribution is -2.28. The Balaban J connectivity index is 0.945. The molecule has 0 N–H and O–H groups in total. The summed E-state index contributed by atoms with van der Waals surface area (Å²) in [4.78, 5) is 36.3. The number of Topliss-reactive ketones (excluding diaryl/α,β-unsaturated/α-hetero) is 1. The molecule has 0 heterocycles. The number of alkyl halides is 2. The number of halogens is 2. The highest BCUT2D eigenvalue weighted by atomic mass is 35.5. The Hall–Kier alpha value is -0.810. The summed E-state index contributed by atoms with van der Waals surface area (Å²) in [5, 5.41) is 0.570. The van der Waals surface area contributed by atoms with E-state index in [2.05, 4.69) is 0 Å². The molecule has 4 saturated carbocycles. The first kappa shape index (κ1) is 43.9. The van der Waals surface area contributed by atoms with E-state index in [1.54, 1.807) is 0 Å². The Morgan fingerprint density at radius 2 is 0.827 bits per heavy atom. The van der Waals surface area contributed by atoms with Gasteiger partial charge in [-0.2, -0.15) is 0 Å². The van der Waals surface area contributed by atoms with E-state index >= 15 is 0 Å². The Labute approximate surface area is 328 Å². The predicted molar refractivity (Wildman–Crippen MR) is 215 cm³/mol. The summed E-state index contributed by atoms with van der Waals surface area (Å²) in [6.07, 6.45) is 32.7. The molecule has 4 aliphatic rings. The molecule has 2 atom stereocenters. The van der Waals surface area contributed by atoms with Gasteiger partial charge in [0.25, 0.3) is 0 Å². The van der Waals surface area contributed by atoms with Crippen LogP contribution in [0, 0.1) is 35.5 Å². The normalized spacial score (nSPS) is 31.0. The fourth-order valence-electron chi connectivity index (χ4n) is 10.2. The minimum absolute atomic E-state index is 0.0307. The van der Waals surface area contributed by atoms with Crippen molar-refractivity contribution in [3.63, 3.8) is 0 Å². The average molecular weight is 768 g/mol. The quantitative estimate of drug-likeness (QED) is 0.0623. The Morgan fingerprint density at radius 1 is 0.481 bits per heavy atom. The molecule has 4 fully saturated rings. The molecular weight excluding hydrogens is 691 g/mol. The van der Waals surface area contributed by atoms with Crippen molar-refractivity contribution in [1.29, 1.82) is 0 Å². The van der Waals surface area contributed by atoms with Gasteiger partial charge in [-0.1, -0.05) is 65.2 Å². The van der Waals surface area contributed by atoms with Crippen molar-refractivity contribution in [2.45, 2.75) is 229 Å². The summed E-state index contributed by atoms with van der Waals surface area (Å²) in [6.45, 7) is 4.04. The molecule has 4 aliphatic carbocycles. The Bertz CT molecular complexity index is 925. The number of hydrogen-bond acceptors (Lipinski definition) is 5. The molecule has 4 rings (SSSR count). The van der Waals surface area contributed by atoms with E-state index < -0.39 is 0 Å². The smallest absolute Gasteiger partial charge is 0.306 e. The number of esters is 2. The topological polar surface area (TPSA) is 69.7 Å². The van der Waals surface area contributed by atoms with Gasteiger partial charge in [-0.3, -0.25) is 14.4 Å². The molecule has 0 bridgehead atoms. The van der Waals surface area contributed by atoms with Gasteiger partial charge in [0, 0.05) is 36.4 Å². The van der Waals surface area contributed by atoms with Crippen LogP contribution in [0.15, 0.2) is 0 Å². The maximum absolute atomic E-state index is 12.6. The highest BCUT2D eigenvalue weighted by Crippen LogP contribution is 2.41. The number of hydrogen-bond donors (Lipinski definition) is 0. The SMILES string of the molecule is CCCC(=O)OC1CCC(CC(Cl)C2CCC(CCCCC(=O)CCCCC3CCC(C(Cl)CC4CCC(OC(=O)CCC)CC4)CC3)CC2)CC1. The van der Waals surface area contributed by atoms with E-state index in [0.717, 1.165) is 115 Å². The summed E-state index contributed by atoms with van der Waals surface area (Å²) in [5.74, 6) is 4.71. The minimum Gasteiger partial charge on any atom is -0.462 e. The molecule has 0 saturated heterocycles. The van der Waals surface area contributed by atoms with Gasteiger partial charge in [0.05, 0.1) is 0 Å². The van der Waals surface area contributed by atoms with Crippen LogP contribution in [0.1, 0.15) is 206 Å². The first-order chi connectivity index (χ1) is 25.2. The van der Waals surface area contributed by atoms with Crippen molar-refractivity contribution in [1.82, 2.24) is 0 Å². The zero-order chi connectivity index (χ0) is 37.1. The molecule has 0 aromatic heterocycles. The van der Waals surface area contributed by atoms with E-state index in [1.807, 2.05) is 13.8 Å². The molecule has 0 aromatic rings. The third kappa shape index (κ3) is 16.5. The van der Waals surface area contributed by atoms with E-state index in [4.69, 9.17) is 32.7 Å². The molecule has 2 unspecified atom stereocenters. The van der Waals surface area contributed by atoms with E-state index in [-0.39, 0.29) is 34.9 Å². The molecule has 0 amide bonds. The molecule has 0 aliphatic heterocycles. The third-order valence-electron chi connectivity index (χ3n) is 13.7. The van der Waals surface area contributed by atoms with Crippen molar-refractivity contribution in [2.24, 2.45) is 35.5 Å². The average Bonchev–Trinajstić information content (AvgIpc) is 3.14. The molecule has 0 spiro atoms. The van der Waals surface area contributed by atoms with Crippen LogP contribution in [0.3, 0.4) is 0 Å². The standard InChI is InChI=1S/C45H76Cl2O5/c1-3-9-44(49)51-40-27-19-35(20-28-40)31-42(46)37-23-15-33(16-24-37)11-5-7-13-39(48)14-8-6-12-34-17-25-38(26-18-34)43(47)32-36-21-29-41(30-22-36)52-45(50)10-4-2/h33-38,40-43H,3-32H2,1-2H3. The van der Waals surface area contributed by atoms with E-state index in [1.165, 1.54) is 77.0 Å². The van der Waals surface area contributed by atoms with Crippen LogP contribution >= 0.6 is 23.2 Å². The Morgan fingerprint density at radius 3 is 1.17 bits per heavy atom. The lowest BCUT2D eigenvalue weighted by Gasteiger charge is -2.34. The zero-order valence-electron chi connectivity index (χ0n) is 33.3. The second kappa shape index (κ2) is 24.7. The first-order valence-electron chi connectivity index (χ1n) is 22.4. The summed E-state index contributed by atoms with van der Waals surface area (Å²) < 4.78 is 11.3. The largest absolute Gasteiger partial charge is 0.462 e. The lowest BCUT2D eigenvalue weighted by molar-refractivity contribution is -0.152. The summed E-state index contributed by atoms with van der Waals surface area (Å²) in [7, 11) is 0. The van der Waals surface area contributed by atoms with Crippen LogP contribution in [-0.4, -0.2) is 40.7 Å². The summed E-state index contributed by atoms with van der Waals surface area (Å²) in [6, 6.07) is 0. The zero-order valence-corrected chi connectivity index (χ0v) is 34.8. The number of ether oxygens (including phenoxy) is 2. The molecule has 0 aromatic carbocycles. The van der Waals surface area contributed by atoms with Gasteiger partial charge in [-0.15, -0.1) is 23.2 Å². The van der Waals surface area contributed by atoms with Gasteiger partial charge >= 0.3 is 11.9 Å². The van der Waals surface area contributed by atoms with Crippen LogP contribution in [0.4, 0.5) is 0 Å². The lowest BCUT2D eigenvalue weighted by atomic mass is 9.75. The van der Waals surface area contributed by atoms with Crippen molar-refractivity contribution in [3.8, 4) is 0 Å². The molecule has 0 radical (unpaired) electrons. The van der Waals surface area contributed by atoms with Crippen LogP contribution in [0.25, 0.3) is 0 Å². The monoisotopic (exact) mass is 767 g/mol. The van der Waals surface area contributed by atoms with Gasteiger partial charge < -0.3 is 9.47 Å². The van der Waals surface area contributed by atoms with Crippen molar-refractivity contribution >= 4 is 40.9 Å². The number of ketones is 1. The Kier molecular flexibility index (Phi) is 20.8. The van der Waals surface area contributed by atoms with Crippen molar-refractivity contribution in [2.75, 3.05) is 0 Å². The van der Waals surface area contributed by atoms with E-state index in [0.29, 0.717) is 42.3 Å². The number of carbonyl (C=O) groups excluding carboxylic acids is 3. The maximum atomic E-state index is 12.6. The molecule has 52 heavy (non-hydrogen) atoms. The van der Waals surface area contributed by atoms with E-state index in [9.17, 15) is 14.4 Å². The third-order valence-corrected chi connectivity index (χ3v) is 14.7.